The fraction of sp³-hybridized carbons (Fsp3) is 0.333. The second-order valence-electron chi connectivity index (χ2n) is 6.87. The fourth-order valence-corrected chi connectivity index (χ4v) is 2.82. The van der Waals surface area contributed by atoms with Crippen LogP contribution < -0.4 is 9.47 Å². The van der Waals surface area contributed by atoms with Gasteiger partial charge in [-0.15, -0.1) is 0 Å². The Bertz CT molecular complexity index is 873. The molecule has 2 aromatic rings. The van der Waals surface area contributed by atoms with E-state index < -0.39 is 23.9 Å². The molecule has 0 radical (unpaired) electrons. The van der Waals surface area contributed by atoms with Crippen molar-refractivity contribution in [2.24, 2.45) is 0 Å². The molecule has 32 heavy (non-hydrogen) atoms. The molecule has 0 amide bonds. The van der Waals surface area contributed by atoms with Gasteiger partial charge >= 0.3 is 23.9 Å². The van der Waals surface area contributed by atoms with E-state index in [1.165, 1.54) is 13.8 Å². The molecule has 0 N–H and O–H groups in total. The van der Waals surface area contributed by atoms with E-state index in [0.29, 0.717) is 24.7 Å². The van der Waals surface area contributed by atoms with Crippen LogP contribution in [-0.4, -0.2) is 37.1 Å². The van der Waals surface area contributed by atoms with Crippen LogP contribution in [0.3, 0.4) is 0 Å². The number of ether oxygens (including phenoxy) is 4. The second kappa shape index (κ2) is 12.9. The lowest BCUT2D eigenvalue weighted by molar-refractivity contribution is -0.136. The number of unbranched alkanes of at least 4 members (excludes halogenated alkanes) is 3. The van der Waals surface area contributed by atoms with Gasteiger partial charge in [-0.25, -0.2) is 9.59 Å². The van der Waals surface area contributed by atoms with Crippen molar-refractivity contribution in [2.45, 2.75) is 39.5 Å². The van der Waals surface area contributed by atoms with Gasteiger partial charge in [-0.1, -0.05) is 24.3 Å². The third-order valence-electron chi connectivity index (χ3n) is 4.24. The number of esters is 4. The lowest BCUT2D eigenvalue weighted by Crippen LogP contribution is -2.12. The molecule has 0 aliphatic carbocycles. The summed E-state index contributed by atoms with van der Waals surface area (Å²) in [7, 11) is 0. The molecule has 0 atom stereocenters. The standard InChI is InChI=1S/C24H26O8/c1-17(25)31-23(27)19-11-5-7-13-21(19)29-15-9-3-4-10-16-30-22-14-8-6-12-20(22)24(28)32-18(2)26/h5-8,11-14H,3-4,9-10,15-16H2,1-2H3. The first kappa shape index (κ1) is 24.6. The van der Waals surface area contributed by atoms with E-state index in [1.807, 2.05) is 0 Å². The van der Waals surface area contributed by atoms with E-state index in [2.05, 4.69) is 9.47 Å². The van der Waals surface area contributed by atoms with Crippen LogP contribution in [0.2, 0.25) is 0 Å². The van der Waals surface area contributed by atoms with Gasteiger partial charge in [-0.05, 0) is 49.9 Å². The van der Waals surface area contributed by atoms with Crippen molar-refractivity contribution < 1.29 is 38.1 Å². The van der Waals surface area contributed by atoms with Crippen molar-refractivity contribution in [3.05, 3.63) is 59.7 Å². The van der Waals surface area contributed by atoms with E-state index in [1.54, 1.807) is 48.5 Å². The maximum absolute atomic E-state index is 11.9. The Balaban J connectivity index is 1.69. The van der Waals surface area contributed by atoms with Gasteiger partial charge in [0.25, 0.3) is 0 Å². The lowest BCUT2D eigenvalue weighted by atomic mass is 10.2. The zero-order valence-electron chi connectivity index (χ0n) is 18.1. The summed E-state index contributed by atoms with van der Waals surface area (Å²) in [6.07, 6.45) is 3.27. The van der Waals surface area contributed by atoms with Crippen LogP contribution in [0, 0.1) is 0 Å². The number of carbonyl (C=O) groups is 4. The summed E-state index contributed by atoms with van der Waals surface area (Å²) < 4.78 is 20.6. The second-order valence-corrected chi connectivity index (χ2v) is 6.87. The lowest BCUT2D eigenvalue weighted by Gasteiger charge is -2.11. The maximum Gasteiger partial charge on any atom is 0.349 e. The molecule has 2 aromatic carbocycles. The topological polar surface area (TPSA) is 105 Å². The Morgan fingerprint density at radius 3 is 1.34 bits per heavy atom. The molecule has 0 bridgehead atoms. The van der Waals surface area contributed by atoms with E-state index in [9.17, 15) is 19.2 Å². The normalized spacial score (nSPS) is 10.2. The van der Waals surface area contributed by atoms with Gasteiger partial charge in [0, 0.05) is 13.8 Å². The SMILES string of the molecule is CC(=O)OC(=O)c1ccccc1OCCCCCCOc1ccccc1C(=O)OC(C)=O. The van der Waals surface area contributed by atoms with Crippen LogP contribution in [0.25, 0.3) is 0 Å². The van der Waals surface area contributed by atoms with Gasteiger partial charge in [0.05, 0.1) is 13.2 Å². The number of rotatable bonds is 11. The molecule has 0 aromatic heterocycles. The maximum atomic E-state index is 11.9. The highest BCUT2D eigenvalue weighted by Crippen LogP contribution is 2.21. The molecular formula is C24H26O8. The van der Waals surface area contributed by atoms with E-state index in [4.69, 9.17) is 9.47 Å². The highest BCUT2D eigenvalue weighted by molar-refractivity contribution is 5.99. The average Bonchev–Trinajstić information content (AvgIpc) is 2.75. The average molecular weight is 442 g/mol. The monoisotopic (exact) mass is 442 g/mol. The van der Waals surface area contributed by atoms with Gasteiger partial charge in [-0.3, -0.25) is 9.59 Å². The van der Waals surface area contributed by atoms with Crippen molar-refractivity contribution in [3.63, 3.8) is 0 Å². The molecule has 8 nitrogen and oxygen atoms in total. The minimum atomic E-state index is -0.738. The Morgan fingerprint density at radius 2 is 0.969 bits per heavy atom. The minimum absolute atomic E-state index is 0.207. The quantitative estimate of drug-likeness (QED) is 0.291. The first-order valence-corrected chi connectivity index (χ1v) is 10.3. The summed E-state index contributed by atoms with van der Waals surface area (Å²) in [5.74, 6) is -2.08. The van der Waals surface area contributed by atoms with Crippen molar-refractivity contribution in [1.29, 1.82) is 0 Å². The molecule has 0 spiro atoms. The third-order valence-corrected chi connectivity index (χ3v) is 4.24. The molecular weight excluding hydrogens is 416 g/mol. The van der Waals surface area contributed by atoms with E-state index >= 15 is 0 Å². The first-order valence-electron chi connectivity index (χ1n) is 10.3. The molecule has 170 valence electrons. The molecule has 0 aliphatic heterocycles. The molecule has 2 rings (SSSR count). The highest BCUT2D eigenvalue weighted by Gasteiger charge is 2.16. The molecule has 0 saturated carbocycles. The van der Waals surface area contributed by atoms with Crippen LogP contribution in [0.1, 0.15) is 60.2 Å². The number of hydrogen-bond donors (Lipinski definition) is 0. The predicted octanol–water partition coefficient (Wildman–Crippen LogP) is 4.11. The predicted molar refractivity (Wildman–Crippen MR) is 115 cm³/mol. The Morgan fingerprint density at radius 1 is 0.594 bits per heavy atom. The van der Waals surface area contributed by atoms with Crippen LogP contribution >= 0.6 is 0 Å². The molecule has 0 unspecified atom stereocenters. The first-order chi connectivity index (χ1) is 15.4. The molecule has 0 fully saturated rings. The van der Waals surface area contributed by atoms with Crippen molar-refractivity contribution in [1.82, 2.24) is 0 Å². The molecule has 8 heteroatoms. The summed E-state index contributed by atoms with van der Waals surface area (Å²) >= 11 is 0. The van der Waals surface area contributed by atoms with Gasteiger partial charge in [-0.2, -0.15) is 0 Å². The van der Waals surface area contributed by atoms with Gasteiger partial charge in [0.1, 0.15) is 22.6 Å². The van der Waals surface area contributed by atoms with Crippen molar-refractivity contribution in [2.75, 3.05) is 13.2 Å². The Hall–Kier alpha value is -3.68. The van der Waals surface area contributed by atoms with Crippen LogP contribution in [0.15, 0.2) is 48.5 Å². The summed E-state index contributed by atoms with van der Waals surface area (Å²) in [4.78, 5) is 45.8. The van der Waals surface area contributed by atoms with Gasteiger partial charge in [0.2, 0.25) is 0 Å². The van der Waals surface area contributed by atoms with E-state index in [-0.39, 0.29) is 11.1 Å². The summed E-state index contributed by atoms with van der Waals surface area (Å²) in [5.41, 5.74) is 0.413. The number of carbonyl (C=O) groups excluding carboxylic acids is 4. The largest absolute Gasteiger partial charge is 0.493 e. The smallest absolute Gasteiger partial charge is 0.349 e. The zero-order valence-corrected chi connectivity index (χ0v) is 18.1. The minimum Gasteiger partial charge on any atom is -0.493 e. The van der Waals surface area contributed by atoms with Crippen LogP contribution in [0.4, 0.5) is 0 Å². The molecule has 0 heterocycles. The fourth-order valence-electron chi connectivity index (χ4n) is 2.82. The van der Waals surface area contributed by atoms with Crippen LogP contribution in [0.5, 0.6) is 11.5 Å². The number of para-hydroxylation sites is 2. The Labute approximate surface area is 186 Å². The summed E-state index contributed by atoms with van der Waals surface area (Å²) in [6.45, 7) is 3.15. The number of benzene rings is 2. The Kier molecular flexibility index (Phi) is 9.90. The molecule has 0 aliphatic rings. The van der Waals surface area contributed by atoms with Crippen molar-refractivity contribution in [3.8, 4) is 11.5 Å². The molecule has 0 saturated heterocycles. The van der Waals surface area contributed by atoms with Crippen molar-refractivity contribution >= 4 is 23.9 Å². The van der Waals surface area contributed by atoms with Gasteiger partial charge in [0.15, 0.2) is 0 Å². The summed E-state index contributed by atoms with van der Waals surface area (Å²) in [5, 5.41) is 0. The third kappa shape index (κ3) is 8.22. The highest BCUT2D eigenvalue weighted by atomic mass is 16.6. The number of hydrogen-bond acceptors (Lipinski definition) is 8. The van der Waals surface area contributed by atoms with Crippen LogP contribution in [-0.2, 0) is 19.1 Å². The summed E-state index contributed by atoms with van der Waals surface area (Å²) in [6, 6.07) is 13.2. The van der Waals surface area contributed by atoms with Gasteiger partial charge < -0.3 is 18.9 Å². The van der Waals surface area contributed by atoms with E-state index in [0.717, 1.165) is 25.7 Å². The zero-order chi connectivity index (χ0) is 23.3.